The summed E-state index contributed by atoms with van der Waals surface area (Å²) in [6.07, 6.45) is 14.0. The van der Waals surface area contributed by atoms with Crippen molar-refractivity contribution < 1.29 is 4.42 Å². The molecule has 12 rings (SSSR count). The molecule has 6 aromatic carbocycles. The van der Waals surface area contributed by atoms with E-state index in [0.717, 1.165) is 69.6 Å². The molecule has 8 aromatic rings. The molecule has 0 saturated heterocycles. The highest BCUT2D eigenvalue weighted by molar-refractivity contribution is 8.00. The number of allylic oxidation sites excluding steroid dienone is 5. The van der Waals surface area contributed by atoms with E-state index in [9.17, 15) is 0 Å². The van der Waals surface area contributed by atoms with E-state index in [1.807, 2.05) is 17.8 Å². The number of thioether (sulfide) groups is 1. The van der Waals surface area contributed by atoms with Gasteiger partial charge in [-0.25, -0.2) is 9.98 Å². The van der Waals surface area contributed by atoms with Gasteiger partial charge in [-0.3, -0.25) is 0 Å². The molecule has 4 heterocycles. The third-order valence-electron chi connectivity index (χ3n) is 11.8. The lowest BCUT2D eigenvalue weighted by atomic mass is 9.87. The fourth-order valence-corrected chi connectivity index (χ4v) is 10.5. The first-order valence-electron chi connectivity index (χ1n) is 19.8. The van der Waals surface area contributed by atoms with Gasteiger partial charge in [0.05, 0.1) is 16.6 Å². The molecule has 5 nitrogen and oxygen atoms in total. The lowest BCUT2D eigenvalue weighted by Gasteiger charge is -2.24. The minimum absolute atomic E-state index is 0.266. The van der Waals surface area contributed by atoms with Crippen LogP contribution < -0.4 is 5.32 Å². The van der Waals surface area contributed by atoms with Crippen molar-refractivity contribution in [2.45, 2.75) is 35.6 Å². The van der Waals surface area contributed by atoms with Crippen LogP contribution in [0, 0.1) is 0 Å². The third-order valence-corrected chi connectivity index (χ3v) is 13.1. The lowest BCUT2D eigenvalue weighted by molar-refractivity contribution is 0.659. The molecule has 2 aliphatic heterocycles. The Hall–Kier alpha value is -6.63. The van der Waals surface area contributed by atoms with Gasteiger partial charge in [0.1, 0.15) is 23.2 Å². The third kappa shape index (κ3) is 5.24. The normalized spacial score (nSPS) is 18.8. The van der Waals surface area contributed by atoms with Gasteiger partial charge in [0.25, 0.3) is 0 Å². The van der Waals surface area contributed by atoms with Crippen molar-refractivity contribution in [2.75, 3.05) is 0 Å². The molecular formula is C51H36N4OS. The van der Waals surface area contributed by atoms with Crippen LogP contribution >= 0.6 is 11.8 Å². The van der Waals surface area contributed by atoms with Gasteiger partial charge in [-0.1, -0.05) is 115 Å². The average molecular weight is 753 g/mol. The average Bonchev–Trinajstić information content (AvgIpc) is 3.96. The summed E-state index contributed by atoms with van der Waals surface area (Å²) in [5.41, 5.74) is 13.6. The molecule has 272 valence electrons. The van der Waals surface area contributed by atoms with Crippen LogP contribution in [0.2, 0.25) is 0 Å². The number of nitrogens with one attached hydrogen (secondary N) is 1. The van der Waals surface area contributed by atoms with Crippen LogP contribution in [0.25, 0.3) is 60.6 Å². The van der Waals surface area contributed by atoms with Gasteiger partial charge in [-0.15, -0.1) is 11.8 Å². The summed E-state index contributed by atoms with van der Waals surface area (Å²) in [5.74, 6) is 1.51. The Morgan fingerprint density at radius 1 is 0.684 bits per heavy atom. The number of amidine groups is 2. The number of aromatic nitrogens is 1. The topological polar surface area (TPSA) is 54.8 Å². The minimum Gasteiger partial charge on any atom is -0.455 e. The molecule has 57 heavy (non-hydrogen) atoms. The highest BCUT2D eigenvalue weighted by Gasteiger charge is 2.32. The smallest absolute Gasteiger partial charge is 0.159 e. The first kappa shape index (κ1) is 32.6. The predicted octanol–water partition coefficient (Wildman–Crippen LogP) is 12.8. The number of benzene rings is 6. The molecule has 0 spiro atoms. The van der Waals surface area contributed by atoms with Crippen LogP contribution in [-0.2, 0) is 0 Å². The molecule has 6 heteroatoms. The van der Waals surface area contributed by atoms with Crippen molar-refractivity contribution in [1.82, 2.24) is 9.88 Å². The Bertz CT molecular complexity index is 3120. The maximum Gasteiger partial charge on any atom is 0.159 e. The summed E-state index contributed by atoms with van der Waals surface area (Å²) in [7, 11) is 0. The van der Waals surface area contributed by atoms with E-state index in [0.29, 0.717) is 5.25 Å². The number of hydrogen-bond donors (Lipinski definition) is 1. The van der Waals surface area contributed by atoms with Crippen LogP contribution in [0.3, 0.4) is 0 Å². The fraction of sp³-hybridized carbons (Fsp3) is 0.0980. The molecular weight excluding hydrogens is 717 g/mol. The van der Waals surface area contributed by atoms with Gasteiger partial charge in [0.2, 0.25) is 0 Å². The van der Waals surface area contributed by atoms with E-state index < -0.39 is 0 Å². The SMILES string of the molecule is C1=CC(C2=NC(c3ccccc3)NC(c3cccc4c3oc3ccc(C5=C6c7cc(-n8c9ccccc9c9ccccc98)ccc7SC6CC=C5)cc34)=N2)=CCC1. The predicted molar refractivity (Wildman–Crippen MR) is 237 cm³/mol. The van der Waals surface area contributed by atoms with Crippen molar-refractivity contribution in [1.29, 1.82) is 0 Å². The number of nitrogens with zero attached hydrogens (tertiary/aromatic N) is 3. The van der Waals surface area contributed by atoms with Gasteiger partial charge in [-0.05, 0) is 95.6 Å². The van der Waals surface area contributed by atoms with Gasteiger partial charge < -0.3 is 14.3 Å². The van der Waals surface area contributed by atoms with Crippen molar-refractivity contribution in [3.05, 3.63) is 192 Å². The van der Waals surface area contributed by atoms with Crippen LogP contribution in [-0.4, -0.2) is 21.5 Å². The molecule has 0 amide bonds. The first-order valence-corrected chi connectivity index (χ1v) is 20.6. The Morgan fingerprint density at radius 3 is 2.32 bits per heavy atom. The fourth-order valence-electron chi connectivity index (χ4n) is 9.15. The van der Waals surface area contributed by atoms with Crippen molar-refractivity contribution in [3.8, 4) is 5.69 Å². The van der Waals surface area contributed by atoms with Crippen LogP contribution in [0.4, 0.5) is 0 Å². The highest BCUT2D eigenvalue weighted by atomic mass is 32.2. The molecule has 0 saturated carbocycles. The number of fused-ring (bicyclic) bond motifs is 9. The number of hydrogen-bond acceptors (Lipinski definition) is 5. The van der Waals surface area contributed by atoms with Gasteiger partial charge in [-0.2, -0.15) is 0 Å². The molecule has 0 bridgehead atoms. The number of aliphatic imine (C=N–C) groups is 2. The van der Waals surface area contributed by atoms with Crippen molar-refractivity contribution in [3.63, 3.8) is 0 Å². The summed E-state index contributed by atoms with van der Waals surface area (Å²) >= 11 is 1.99. The Balaban J connectivity index is 0.976. The van der Waals surface area contributed by atoms with E-state index >= 15 is 0 Å². The van der Waals surface area contributed by atoms with E-state index in [1.54, 1.807) is 0 Å². The Labute approximate surface area is 334 Å². The Morgan fingerprint density at radius 2 is 1.49 bits per heavy atom. The van der Waals surface area contributed by atoms with Gasteiger partial charge >= 0.3 is 0 Å². The lowest BCUT2D eigenvalue weighted by Crippen LogP contribution is -2.33. The number of furan rings is 1. The van der Waals surface area contributed by atoms with E-state index in [1.165, 1.54) is 54.7 Å². The maximum absolute atomic E-state index is 6.74. The highest BCUT2D eigenvalue weighted by Crippen LogP contribution is 2.52. The summed E-state index contributed by atoms with van der Waals surface area (Å²) in [5, 5.41) is 8.75. The molecule has 2 aliphatic carbocycles. The second-order valence-corrected chi connectivity index (χ2v) is 16.4. The zero-order chi connectivity index (χ0) is 37.5. The summed E-state index contributed by atoms with van der Waals surface area (Å²) in [6, 6.07) is 48.0. The molecule has 0 fully saturated rings. The van der Waals surface area contributed by atoms with Crippen LogP contribution in [0.15, 0.2) is 189 Å². The number of para-hydroxylation sites is 3. The Kier molecular flexibility index (Phi) is 7.42. The van der Waals surface area contributed by atoms with Crippen LogP contribution in [0.5, 0.6) is 0 Å². The first-order chi connectivity index (χ1) is 28.2. The van der Waals surface area contributed by atoms with E-state index in [2.05, 4.69) is 168 Å². The molecule has 2 unspecified atom stereocenters. The zero-order valence-electron chi connectivity index (χ0n) is 31.0. The monoisotopic (exact) mass is 752 g/mol. The van der Waals surface area contributed by atoms with Crippen LogP contribution in [0.1, 0.15) is 47.7 Å². The second kappa shape index (κ2) is 13.0. The van der Waals surface area contributed by atoms with E-state index in [4.69, 9.17) is 14.4 Å². The molecule has 0 radical (unpaired) electrons. The summed E-state index contributed by atoms with van der Waals surface area (Å²) in [6.45, 7) is 0. The molecule has 2 atom stereocenters. The second-order valence-electron chi connectivity index (χ2n) is 15.1. The minimum atomic E-state index is -0.266. The summed E-state index contributed by atoms with van der Waals surface area (Å²) in [4.78, 5) is 11.6. The quantitative estimate of drug-likeness (QED) is 0.190. The number of rotatable bonds is 5. The van der Waals surface area contributed by atoms with E-state index in [-0.39, 0.29) is 6.17 Å². The molecule has 1 N–H and O–H groups in total. The summed E-state index contributed by atoms with van der Waals surface area (Å²) < 4.78 is 9.17. The van der Waals surface area contributed by atoms with Crippen molar-refractivity contribution >= 4 is 78.3 Å². The van der Waals surface area contributed by atoms with Gasteiger partial charge in [0, 0.05) is 43.0 Å². The molecule has 4 aliphatic rings. The zero-order valence-corrected chi connectivity index (χ0v) is 31.8. The largest absolute Gasteiger partial charge is 0.455 e. The van der Waals surface area contributed by atoms with Gasteiger partial charge in [0.15, 0.2) is 5.84 Å². The standard InChI is InChI=1S/C51H36N4OS/c1-3-13-31(14-4-1)49-52-50(32-15-5-2-6-16-32)54-51(53-49)39-21-11-20-38-40-29-33(25-27-44(40)56-48(38)39)35-19-12-24-46-47(35)41-30-34(26-28-45(41)57-46)55-42-22-9-7-17-36(42)37-18-8-10-23-43(37)55/h1,3-5,7-23,25-30,46,49H,2,6,24H2,(H,52,53,54). The maximum atomic E-state index is 6.74. The molecule has 2 aromatic heterocycles. The van der Waals surface area contributed by atoms with Crippen molar-refractivity contribution in [2.24, 2.45) is 9.98 Å².